The molecule has 0 saturated carbocycles. The average molecular weight is 364 g/mol. The van der Waals surface area contributed by atoms with Crippen molar-refractivity contribution in [1.29, 1.82) is 0 Å². The number of hydrogen-bond donors (Lipinski definition) is 2. The van der Waals surface area contributed by atoms with Crippen molar-refractivity contribution in [2.45, 2.75) is 18.0 Å². The van der Waals surface area contributed by atoms with Crippen molar-refractivity contribution in [3.8, 4) is 0 Å². The highest BCUT2D eigenvalue weighted by Gasteiger charge is 2.22. The topological polar surface area (TPSA) is 98.2 Å². The number of hydrogen-bond acceptors (Lipinski definition) is 5. The molecule has 1 heterocycles. The summed E-state index contributed by atoms with van der Waals surface area (Å²) in [5.74, 6) is -0.858. The summed E-state index contributed by atoms with van der Waals surface area (Å²) < 4.78 is 45.5. The van der Waals surface area contributed by atoms with Gasteiger partial charge in [-0.25, -0.2) is 17.5 Å². The van der Waals surface area contributed by atoms with Crippen molar-refractivity contribution in [3.63, 3.8) is 0 Å². The maximum absolute atomic E-state index is 14.1. The lowest BCUT2D eigenvalue weighted by Gasteiger charge is -2.10. The van der Waals surface area contributed by atoms with Gasteiger partial charge in [0.2, 0.25) is 10.0 Å². The van der Waals surface area contributed by atoms with Crippen LogP contribution in [-0.2, 0) is 23.1 Å². The van der Waals surface area contributed by atoms with Gasteiger partial charge in [0, 0.05) is 22.6 Å². The average Bonchev–Trinajstić information content (AvgIpc) is 2.92. The summed E-state index contributed by atoms with van der Waals surface area (Å²) >= 11 is 3.13. The Hall–Kier alpha value is -1.29. The molecule has 0 saturated heterocycles. The molecule has 3 N–H and O–H groups in total. The molecular weight excluding hydrogens is 353 g/mol. The quantitative estimate of drug-likeness (QED) is 0.838. The van der Waals surface area contributed by atoms with Crippen LogP contribution in [0.15, 0.2) is 38.4 Å². The molecule has 0 bridgehead atoms. The fourth-order valence-electron chi connectivity index (χ4n) is 1.54. The molecule has 0 aliphatic heterocycles. The van der Waals surface area contributed by atoms with E-state index < -0.39 is 20.7 Å². The Kier molecular flexibility index (Phi) is 4.53. The number of sulfonamides is 1. The SMILES string of the molecule is NCc1cc(Br)cc(S(=O)(=O)NCc2ccon2)c1F. The lowest BCUT2D eigenvalue weighted by atomic mass is 10.2. The number of halogens is 2. The van der Waals surface area contributed by atoms with Gasteiger partial charge in [0.15, 0.2) is 0 Å². The molecule has 0 radical (unpaired) electrons. The zero-order chi connectivity index (χ0) is 14.8. The molecule has 20 heavy (non-hydrogen) atoms. The monoisotopic (exact) mass is 363 g/mol. The third kappa shape index (κ3) is 3.23. The van der Waals surface area contributed by atoms with Gasteiger partial charge in [0.1, 0.15) is 17.0 Å². The van der Waals surface area contributed by atoms with Crippen LogP contribution in [0.25, 0.3) is 0 Å². The molecule has 9 heteroatoms. The number of benzene rings is 1. The molecule has 0 aliphatic rings. The molecule has 2 aromatic rings. The van der Waals surface area contributed by atoms with Gasteiger partial charge < -0.3 is 10.3 Å². The van der Waals surface area contributed by atoms with E-state index in [2.05, 4.69) is 30.3 Å². The zero-order valence-electron chi connectivity index (χ0n) is 10.1. The highest BCUT2D eigenvalue weighted by Crippen LogP contribution is 2.24. The van der Waals surface area contributed by atoms with E-state index in [-0.39, 0.29) is 18.7 Å². The minimum atomic E-state index is -4.01. The van der Waals surface area contributed by atoms with Crippen LogP contribution in [0.4, 0.5) is 4.39 Å². The van der Waals surface area contributed by atoms with E-state index in [9.17, 15) is 12.8 Å². The van der Waals surface area contributed by atoms with Gasteiger partial charge in [-0.2, -0.15) is 0 Å². The van der Waals surface area contributed by atoms with Crippen LogP contribution < -0.4 is 10.5 Å². The lowest BCUT2D eigenvalue weighted by Crippen LogP contribution is -2.25. The third-order valence-electron chi connectivity index (χ3n) is 2.52. The number of nitrogens with zero attached hydrogens (tertiary/aromatic N) is 1. The van der Waals surface area contributed by atoms with Crippen molar-refractivity contribution in [2.24, 2.45) is 5.73 Å². The molecule has 2 rings (SSSR count). The highest BCUT2D eigenvalue weighted by molar-refractivity contribution is 9.10. The largest absolute Gasteiger partial charge is 0.364 e. The Morgan fingerprint density at radius 3 is 2.80 bits per heavy atom. The maximum atomic E-state index is 14.1. The number of aromatic nitrogens is 1. The molecule has 1 aromatic carbocycles. The number of nitrogens with two attached hydrogens (primary N) is 1. The molecule has 0 aliphatic carbocycles. The van der Waals surface area contributed by atoms with Gasteiger partial charge in [-0.1, -0.05) is 21.1 Å². The first-order valence-corrected chi connectivity index (χ1v) is 7.78. The molecule has 6 nitrogen and oxygen atoms in total. The highest BCUT2D eigenvalue weighted by atomic mass is 79.9. The van der Waals surface area contributed by atoms with Crippen LogP contribution in [-0.4, -0.2) is 13.6 Å². The van der Waals surface area contributed by atoms with E-state index in [0.717, 1.165) is 0 Å². The summed E-state index contributed by atoms with van der Waals surface area (Å²) in [6.45, 7) is -0.195. The zero-order valence-corrected chi connectivity index (χ0v) is 12.5. The normalized spacial score (nSPS) is 11.8. The fraction of sp³-hybridized carbons (Fsp3) is 0.182. The van der Waals surface area contributed by atoms with E-state index in [1.807, 2.05) is 0 Å². The van der Waals surface area contributed by atoms with Gasteiger partial charge in [0.25, 0.3) is 0 Å². The maximum Gasteiger partial charge on any atom is 0.243 e. The first-order chi connectivity index (χ1) is 9.44. The molecule has 108 valence electrons. The second-order valence-corrected chi connectivity index (χ2v) is 6.55. The van der Waals surface area contributed by atoms with E-state index in [1.165, 1.54) is 24.5 Å². The lowest BCUT2D eigenvalue weighted by molar-refractivity contribution is 0.411. The van der Waals surface area contributed by atoms with Crippen LogP contribution in [0, 0.1) is 5.82 Å². The molecule has 0 unspecified atom stereocenters. The van der Waals surface area contributed by atoms with E-state index in [4.69, 9.17) is 5.73 Å². The minimum Gasteiger partial charge on any atom is -0.364 e. The summed E-state index contributed by atoms with van der Waals surface area (Å²) in [5.41, 5.74) is 5.89. The van der Waals surface area contributed by atoms with Crippen LogP contribution >= 0.6 is 15.9 Å². The molecular formula is C11H11BrFN3O3S. The molecule has 0 amide bonds. The van der Waals surface area contributed by atoms with E-state index in [0.29, 0.717) is 10.2 Å². The smallest absolute Gasteiger partial charge is 0.243 e. The van der Waals surface area contributed by atoms with Crippen molar-refractivity contribution in [2.75, 3.05) is 0 Å². The Morgan fingerprint density at radius 2 is 2.20 bits per heavy atom. The Labute approximate surface area is 123 Å². The second-order valence-electron chi connectivity index (χ2n) is 3.90. The summed E-state index contributed by atoms with van der Waals surface area (Å²) in [6, 6.07) is 4.12. The predicted molar refractivity (Wildman–Crippen MR) is 72.5 cm³/mol. The summed E-state index contributed by atoms with van der Waals surface area (Å²) in [4.78, 5) is -0.462. The Morgan fingerprint density at radius 1 is 1.45 bits per heavy atom. The van der Waals surface area contributed by atoms with Crippen molar-refractivity contribution < 1.29 is 17.3 Å². The molecule has 1 aromatic heterocycles. The summed E-state index contributed by atoms with van der Waals surface area (Å²) in [7, 11) is -4.01. The van der Waals surface area contributed by atoms with Crippen molar-refractivity contribution in [3.05, 3.63) is 46.0 Å². The summed E-state index contributed by atoms with van der Waals surface area (Å²) in [5, 5.41) is 3.56. The first-order valence-electron chi connectivity index (χ1n) is 5.51. The van der Waals surface area contributed by atoms with Crippen LogP contribution in [0.1, 0.15) is 11.3 Å². The Balaban J connectivity index is 2.31. The first kappa shape index (κ1) is 15.1. The van der Waals surface area contributed by atoms with Crippen LogP contribution in [0.2, 0.25) is 0 Å². The van der Waals surface area contributed by atoms with E-state index >= 15 is 0 Å². The predicted octanol–water partition coefficient (Wildman–Crippen LogP) is 1.51. The number of nitrogens with one attached hydrogen (secondary N) is 1. The standard InChI is InChI=1S/C11H11BrFN3O3S/c12-8-3-7(5-14)11(13)10(4-8)20(17,18)15-6-9-1-2-19-16-9/h1-4,15H,5-6,14H2. The van der Waals surface area contributed by atoms with Gasteiger partial charge in [-0.15, -0.1) is 0 Å². The van der Waals surface area contributed by atoms with Crippen molar-refractivity contribution in [1.82, 2.24) is 9.88 Å². The van der Waals surface area contributed by atoms with Crippen LogP contribution in [0.5, 0.6) is 0 Å². The molecule has 0 spiro atoms. The third-order valence-corrected chi connectivity index (χ3v) is 4.38. The fourth-order valence-corrected chi connectivity index (χ4v) is 3.34. The van der Waals surface area contributed by atoms with Gasteiger partial charge in [-0.05, 0) is 12.1 Å². The molecule has 0 fully saturated rings. The number of rotatable bonds is 5. The minimum absolute atomic E-state index is 0.0945. The van der Waals surface area contributed by atoms with Crippen LogP contribution in [0.3, 0.4) is 0 Å². The Bertz CT molecular complexity index is 704. The molecule has 0 atom stereocenters. The van der Waals surface area contributed by atoms with Gasteiger partial charge in [0.05, 0.1) is 12.2 Å². The van der Waals surface area contributed by atoms with E-state index in [1.54, 1.807) is 0 Å². The van der Waals surface area contributed by atoms with Gasteiger partial charge >= 0.3 is 0 Å². The van der Waals surface area contributed by atoms with Crippen molar-refractivity contribution >= 4 is 26.0 Å². The summed E-state index contributed by atoms with van der Waals surface area (Å²) in [6.07, 6.45) is 1.32. The second kappa shape index (κ2) is 6.00. The van der Waals surface area contributed by atoms with Gasteiger partial charge in [-0.3, -0.25) is 0 Å².